The quantitative estimate of drug-likeness (QED) is 0.300. The number of thiazole rings is 1. The Labute approximate surface area is 232 Å². The standard InChI is InChI=1S/C25H25F8N5O2S/c1-11-6-5-9-38(11)20(39)15-16(41-19(34-15)18-35-21(37-36-18)22(2,3)40)13-8-7-12(10-14(13)17(26)27)23(4,24(28,29)30)25(31,32)33/h7-8,10-11,17,40H,5-6,9H2,1-4H3,(H,35,36,37)/t11-/m0/s1. The van der Waals surface area contributed by atoms with Crippen molar-refractivity contribution in [2.75, 3.05) is 6.54 Å². The molecule has 0 radical (unpaired) electrons. The number of hydrogen-bond donors (Lipinski definition) is 2. The number of carbonyl (C=O) groups excluding carboxylic acids is 1. The van der Waals surface area contributed by atoms with Crippen molar-refractivity contribution in [3.05, 3.63) is 40.8 Å². The van der Waals surface area contributed by atoms with Crippen molar-refractivity contribution < 1.29 is 45.0 Å². The van der Waals surface area contributed by atoms with Gasteiger partial charge in [-0.15, -0.1) is 11.3 Å². The fraction of sp³-hybridized carbons (Fsp3) is 0.520. The summed E-state index contributed by atoms with van der Waals surface area (Å²) in [6, 6.07) is 1.15. The van der Waals surface area contributed by atoms with Gasteiger partial charge in [0.2, 0.25) is 5.82 Å². The third-order valence-electron chi connectivity index (χ3n) is 7.14. The van der Waals surface area contributed by atoms with Gasteiger partial charge in [0.05, 0.1) is 4.88 Å². The maximum atomic E-state index is 14.3. The summed E-state index contributed by atoms with van der Waals surface area (Å²) < 4.78 is 111. The number of carbonyl (C=O) groups is 1. The predicted octanol–water partition coefficient (Wildman–Crippen LogP) is 6.77. The number of likely N-dealkylation sites (tertiary alicyclic amines) is 1. The molecule has 1 saturated heterocycles. The molecule has 1 aliphatic rings. The van der Waals surface area contributed by atoms with E-state index >= 15 is 0 Å². The number of hydrogen-bond acceptors (Lipinski definition) is 6. The second kappa shape index (κ2) is 10.3. The molecule has 7 nitrogen and oxygen atoms in total. The first-order valence-corrected chi connectivity index (χ1v) is 13.1. The van der Waals surface area contributed by atoms with E-state index in [0.717, 1.165) is 0 Å². The van der Waals surface area contributed by atoms with E-state index in [1.54, 1.807) is 6.92 Å². The average molecular weight is 612 g/mol. The molecule has 41 heavy (non-hydrogen) atoms. The summed E-state index contributed by atoms with van der Waals surface area (Å²) in [5, 5.41) is 16.6. The van der Waals surface area contributed by atoms with Crippen molar-refractivity contribution in [3.63, 3.8) is 0 Å². The van der Waals surface area contributed by atoms with Gasteiger partial charge >= 0.3 is 12.4 Å². The number of amides is 1. The van der Waals surface area contributed by atoms with Crippen LogP contribution in [0.3, 0.4) is 0 Å². The molecular weight excluding hydrogens is 586 g/mol. The van der Waals surface area contributed by atoms with Gasteiger partial charge in [-0.05, 0) is 52.2 Å². The number of aliphatic hydroxyl groups is 1. The zero-order valence-electron chi connectivity index (χ0n) is 22.1. The first-order valence-electron chi connectivity index (χ1n) is 12.3. The predicted molar refractivity (Wildman–Crippen MR) is 132 cm³/mol. The van der Waals surface area contributed by atoms with Gasteiger partial charge < -0.3 is 10.0 Å². The fourth-order valence-corrected chi connectivity index (χ4v) is 5.53. The van der Waals surface area contributed by atoms with Crippen molar-refractivity contribution >= 4 is 17.2 Å². The molecule has 16 heteroatoms. The summed E-state index contributed by atoms with van der Waals surface area (Å²) in [5.41, 5.74) is -9.21. The van der Waals surface area contributed by atoms with Crippen LogP contribution in [0.25, 0.3) is 21.3 Å². The molecule has 1 fully saturated rings. The molecule has 1 amide bonds. The lowest BCUT2D eigenvalue weighted by molar-refractivity contribution is -0.297. The maximum absolute atomic E-state index is 14.3. The van der Waals surface area contributed by atoms with Crippen LogP contribution < -0.4 is 0 Å². The van der Waals surface area contributed by atoms with E-state index in [9.17, 15) is 45.0 Å². The van der Waals surface area contributed by atoms with Gasteiger partial charge in [-0.1, -0.05) is 12.1 Å². The maximum Gasteiger partial charge on any atom is 0.406 e. The van der Waals surface area contributed by atoms with E-state index < -0.39 is 52.4 Å². The van der Waals surface area contributed by atoms with Crippen LogP contribution in [0.2, 0.25) is 0 Å². The summed E-state index contributed by atoms with van der Waals surface area (Å²) in [4.78, 5) is 23.2. The highest BCUT2D eigenvalue weighted by molar-refractivity contribution is 7.18. The molecule has 0 unspecified atom stereocenters. The van der Waals surface area contributed by atoms with Crippen molar-refractivity contribution in [1.82, 2.24) is 25.1 Å². The lowest BCUT2D eigenvalue weighted by atomic mass is 9.79. The zero-order valence-corrected chi connectivity index (χ0v) is 22.9. The Bertz CT molecular complexity index is 1430. The lowest BCUT2D eigenvalue weighted by Crippen LogP contribution is -2.51. The normalized spacial score (nSPS) is 17.1. The van der Waals surface area contributed by atoms with Crippen LogP contribution >= 0.6 is 11.3 Å². The van der Waals surface area contributed by atoms with E-state index in [1.165, 1.54) is 18.7 Å². The summed E-state index contributed by atoms with van der Waals surface area (Å²) in [7, 11) is 0. The largest absolute Gasteiger partial charge is 0.406 e. The Morgan fingerprint density at radius 3 is 2.22 bits per heavy atom. The average Bonchev–Trinajstić information content (AvgIpc) is 3.60. The van der Waals surface area contributed by atoms with Crippen LogP contribution in [0.1, 0.15) is 74.4 Å². The zero-order chi connectivity index (χ0) is 30.7. The molecule has 2 aromatic heterocycles. The van der Waals surface area contributed by atoms with Crippen molar-refractivity contribution in [3.8, 4) is 21.3 Å². The third kappa shape index (κ3) is 5.43. The smallest absolute Gasteiger partial charge is 0.382 e. The molecule has 0 aliphatic carbocycles. The van der Waals surface area contributed by atoms with E-state index in [0.29, 0.717) is 42.9 Å². The molecule has 1 aromatic carbocycles. The number of aromatic amines is 1. The van der Waals surface area contributed by atoms with Crippen LogP contribution in [0.4, 0.5) is 35.1 Å². The fourth-order valence-electron chi connectivity index (χ4n) is 4.49. The van der Waals surface area contributed by atoms with E-state index in [2.05, 4.69) is 20.2 Å². The summed E-state index contributed by atoms with van der Waals surface area (Å²) in [6.07, 6.45) is -13.9. The van der Waals surface area contributed by atoms with Gasteiger partial charge in [-0.25, -0.2) is 18.7 Å². The molecular formula is C25H25F8N5O2S. The minimum absolute atomic E-state index is 0.0292. The Morgan fingerprint density at radius 2 is 1.73 bits per heavy atom. The van der Waals surface area contributed by atoms with Gasteiger partial charge in [0.25, 0.3) is 12.3 Å². The minimum Gasteiger partial charge on any atom is -0.382 e. The summed E-state index contributed by atoms with van der Waals surface area (Å²) in [5.74, 6) is -0.717. The van der Waals surface area contributed by atoms with E-state index in [4.69, 9.17) is 0 Å². The molecule has 0 bridgehead atoms. The van der Waals surface area contributed by atoms with Gasteiger partial charge in [-0.2, -0.15) is 31.4 Å². The highest BCUT2D eigenvalue weighted by Gasteiger charge is 2.68. The highest BCUT2D eigenvalue weighted by atomic mass is 32.1. The summed E-state index contributed by atoms with van der Waals surface area (Å²) >= 11 is 0.671. The second-order valence-corrected chi connectivity index (χ2v) is 11.5. The molecule has 2 N–H and O–H groups in total. The van der Waals surface area contributed by atoms with Crippen LogP contribution in [0, 0.1) is 0 Å². The SMILES string of the molecule is C[C@H]1CCCN1C(=O)c1nc(-c2n[nH]c(C(C)(C)O)n2)sc1-c1ccc(C(C)(C(F)(F)F)C(F)(F)F)cc1C(F)F. The van der Waals surface area contributed by atoms with Crippen molar-refractivity contribution in [2.45, 2.75) is 76.4 Å². The number of aromatic nitrogens is 4. The van der Waals surface area contributed by atoms with E-state index in [1.807, 2.05) is 0 Å². The molecule has 3 aromatic rings. The first-order chi connectivity index (χ1) is 18.8. The number of H-pyrrole nitrogens is 1. The Morgan fingerprint density at radius 1 is 1.10 bits per heavy atom. The second-order valence-electron chi connectivity index (χ2n) is 10.5. The number of rotatable bonds is 6. The minimum atomic E-state index is -5.85. The lowest BCUT2D eigenvalue weighted by Gasteiger charge is -2.34. The topological polar surface area (TPSA) is 95.0 Å². The molecule has 1 aliphatic heterocycles. The van der Waals surface area contributed by atoms with Crippen LogP contribution in [-0.2, 0) is 11.0 Å². The number of nitrogens with zero attached hydrogens (tertiary/aromatic N) is 4. The van der Waals surface area contributed by atoms with Crippen LogP contribution in [0.15, 0.2) is 18.2 Å². The molecule has 1 atom stereocenters. The molecule has 0 spiro atoms. The Hall–Kier alpha value is -3.14. The van der Waals surface area contributed by atoms with Crippen LogP contribution in [0.5, 0.6) is 0 Å². The van der Waals surface area contributed by atoms with Gasteiger partial charge in [0, 0.05) is 23.7 Å². The number of benzene rings is 1. The third-order valence-corrected chi connectivity index (χ3v) is 8.23. The van der Waals surface area contributed by atoms with Crippen LogP contribution in [-0.4, -0.2) is 61.0 Å². The summed E-state index contributed by atoms with van der Waals surface area (Å²) in [6.45, 7) is 4.83. The number of alkyl halides is 8. The number of nitrogens with one attached hydrogen (secondary N) is 1. The van der Waals surface area contributed by atoms with Gasteiger partial charge in [0.15, 0.2) is 16.2 Å². The molecule has 4 rings (SSSR count). The molecule has 224 valence electrons. The van der Waals surface area contributed by atoms with Crippen molar-refractivity contribution in [2.24, 2.45) is 0 Å². The number of halogens is 8. The molecule has 0 saturated carbocycles. The first kappa shape index (κ1) is 30.8. The Balaban J connectivity index is 1.93. The Kier molecular flexibility index (Phi) is 7.73. The highest BCUT2D eigenvalue weighted by Crippen LogP contribution is 2.53. The van der Waals surface area contributed by atoms with Crippen molar-refractivity contribution in [1.29, 1.82) is 0 Å². The monoisotopic (exact) mass is 611 g/mol. The van der Waals surface area contributed by atoms with Gasteiger partial charge in [-0.3, -0.25) is 9.89 Å². The molecule has 3 heterocycles. The van der Waals surface area contributed by atoms with E-state index in [-0.39, 0.29) is 46.3 Å². The van der Waals surface area contributed by atoms with Gasteiger partial charge in [0.1, 0.15) is 11.3 Å².